The second-order valence-corrected chi connectivity index (χ2v) is 5.89. The lowest BCUT2D eigenvalue weighted by Crippen LogP contribution is -2.09. The molecular formula is C14H12Br2N2O2. The molecule has 2 aromatic carbocycles. The number of ether oxygens (including phenoxy) is 1. The van der Waals surface area contributed by atoms with Crippen molar-refractivity contribution in [2.24, 2.45) is 0 Å². The Kier molecular flexibility index (Phi) is 4.67. The van der Waals surface area contributed by atoms with Crippen molar-refractivity contribution < 1.29 is 9.53 Å². The van der Waals surface area contributed by atoms with Crippen molar-refractivity contribution in [3.8, 4) is 0 Å². The number of hydrogen-bond donors (Lipinski definition) is 2. The number of benzene rings is 2. The van der Waals surface area contributed by atoms with Gasteiger partial charge in [0.25, 0.3) is 0 Å². The number of halogens is 2. The Morgan fingerprint density at radius 2 is 1.85 bits per heavy atom. The first kappa shape index (κ1) is 14.9. The Hall–Kier alpha value is -1.53. The highest BCUT2D eigenvalue weighted by Crippen LogP contribution is 2.29. The van der Waals surface area contributed by atoms with E-state index in [1.807, 2.05) is 12.1 Å². The van der Waals surface area contributed by atoms with E-state index in [2.05, 4.69) is 31.9 Å². The Morgan fingerprint density at radius 1 is 1.15 bits per heavy atom. The van der Waals surface area contributed by atoms with Crippen LogP contribution in [0.4, 0.5) is 11.4 Å². The van der Waals surface area contributed by atoms with Crippen LogP contribution >= 0.6 is 31.9 Å². The van der Waals surface area contributed by atoms with Crippen LogP contribution < -0.4 is 11.5 Å². The fourth-order valence-corrected chi connectivity index (χ4v) is 2.98. The molecule has 0 aliphatic rings. The summed E-state index contributed by atoms with van der Waals surface area (Å²) in [5, 5.41) is 0. The summed E-state index contributed by atoms with van der Waals surface area (Å²) in [5.41, 5.74) is 13.6. The number of esters is 1. The van der Waals surface area contributed by atoms with Crippen molar-refractivity contribution >= 4 is 49.2 Å². The van der Waals surface area contributed by atoms with Crippen molar-refractivity contribution in [3.05, 3.63) is 56.5 Å². The number of para-hydroxylation sites is 1. The maximum absolute atomic E-state index is 12.0. The zero-order chi connectivity index (χ0) is 14.7. The van der Waals surface area contributed by atoms with Crippen LogP contribution in [-0.2, 0) is 11.3 Å². The highest BCUT2D eigenvalue weighted by Gasteiger charge is 2.12. The zero-order valence-corrected chi connectivity index (χ0v) is 13.6. The lowest BCUT2D eigenvalue weighted by molar-refractivity contribution is 0.0475. The Morgan fingerprint density at radius 3 is 2.55 bits per heavy atom. The third-order valence-corrected chi connectivity index (χ3v) is 3.83. The Balaban J connectivity index is 2.14. The number of nitrogens with two attached hydrogens (primary N) is 2. The second kappa shape index (κ2) is 6.28. The molecule has 0 spiro atoms. The van der Waals surface area contributed by atoms with Crippen LogP contribution in [0.1, 0.15) is 15.9 Å². The van der Waals surface area contributed by atoms with Crippen LogP contribution in [0.15, 0.2) is 45.3 Å². The van der Waals surface area contributed by atoms with E-state index >= 15 is 0 Å². The first-order chi connectivity index (χ1) is 9.49. The van der Waals surface area contributed by atoms with Gasteiger partial charge in [-0.05, 0) is 40.2 Å². The van der Waals surface area contributed by atoms with E-state index in [1.54, 1.807) is 24.3 Å². The number of carbonyl (C=O) groups excluding carboxylic acids is 1. The molecular weight excluding hydrogens is 388 g/mol. The summed E-state index contributed by atoms with van der Waals surface area (Å²) in [7, 11) is 0. The third-order valence-electron chi connectivity index (χ3n) is 2.72. The molecule has 0 unspecified atom stereocenters. The minimum atomic E-state index is -0.474. The molecule has 0 aromatic heterocycles. The molecule has 0 amide bonds. The lowest BCUT2D eigenvalue weighted by atomic mass is 10.2. The predicted octanol–water partition coefficient (Wildman–Crippen LogP) is 3.73. The van der Waals surface area contributed by atoms with Gasteiger partial charge in [0.2, 0.25) is 0 Å². The first-order valence-corrected chi connectivity index (χ1v) is 7.32. The standard InChI is InChI=1S/C14H12Br2N2O2/c15-9-5-8(13(18)11(16)6-9)7-20-14(19)10-3-1-2-4-12(10)17/h1-6H,7,17-18H2. The van der Waals surface area contributed by atoms with Gasteiger partial charge < -0.3 is 16.2 Å². The van der Waals surface area contributed by atoms with Crippen molar-refractivity contribution in [2.75, 3.05) is 11.5 Å². The summed E-state index contributed by atoms with van der Waals surface area (Å²) < 4.78 is 6.84. The quantitative estimate of drug-likeness (QED) is 0.608. The highest BCUT2D eigenvalue weighted by molar-refractivity contribution is 9.11. The number of hydrogen-bond acceptors (Lipinski definition) is 4. The lowest BCUT2D eigenvalue weighted by Gasteiger charge is -2.10. The van der Waals surface area contributed by atoms with Gasteiger partial charge in [0.05, 0.1) is 11.3 Å². The van der Waals surface area contributed by atoms with Gasteiger partial charge in [-0.15, -0.1) is 0 Å². The number of rotatable bonds is 3. The fraction of sp³-hybridized carbons (Fsp3) is 0.0714. The molecule has 0 saturated heterocycles. The first-order valence-electron chi connectivity index (χ1n) is 5.74. The van der Waals surface area contributed by atoms with Crippen molar-refractivity contribution in [1.29, 1.82) is 0 Å². The Labute approximate surface area is 133 Å². The number of nitrogen functional groups attached to an aromatic ring is 2. The van der Waals surface area contributed by atoms with Gasteiger partial charge in [0, 0.05) is 20.2 Å². The van der Waals surface area contributed by atoms with Gasteiger partial charge in [-0.2, -0.15) is 0 Å². The fourth-order valence-electron chi connectivity index (χ4n) is 1.66. The normalized spacial score (nSPS) is 10.3. The summed E-state index contributed by atoms with van der Waals surface area (Å²) in [4.78, 5) is 12.0. The number of anilines is 2. The minimum absolute atomic E-state index is 0.0804. The maximum atomic E-state index is 12.0. The molecule has 0 heterocycles. The smallest absolute Gasteiger partial charge is 0.340 e. The van der Waals surface area contributed by atoms with Crippen LogP contribution in [0.3, 0.4) is 0 Å². The molecule has 0 aliphatic carbocycles. The van der Waals surface area contributed by atoms with Crippen molar-refractivity contribution in [3.63, 3.8) is 0 Å². The van der Waals surface area contributed by atoms with Gasteiger partial charge in [-0.25, -0.2) is 4.79 Å². The minimum Gasteiger partial charge on any atom is -0.457 e. The maximum Gasteiger partial charge on any atom is 0.340 e. The molecule has 6 heteroatoms. The van der Waals surface area contributed by atoms with Crippen LogP contribution in [0.5, 0.6) is 0 Å². The molecule has 20 heavy (non-hydrogen) atoms. The van der Waals surface area contributed by atoms with E-state index in [9.17, 15) is 4.79 Å². The summed E-state index contributed by atoms with van der Waals surface area (Å²) in [5.74, 6) is -0.474. The van der Waals surface area contributed by atoms with Crippen LogP contribution in [0.25, 0.3) is 0 Å². The van der Waals surface area contributed by atoms with E-state index in [1.165, 1.54) is 0 Å². The highest BCUT2D eigenvalue weighted by atomic mass is 79.9. The van der Waals surface area contributed by atoms with Gasteiger partial charge in [0.15, 0.2) is 0 Å². The van der Waals surface area contributed by atoms with Gasteiger partial charge in [-0.1, -0.05) is 28.1 Å². The van der Waals surface area contributed by atoms with E-state index in [0.717, 1.165) is 8.95 Å². The van der Waals surface area contributed by atoms with Gasteiger partial charge in [-0.3, -0.25) is 0 Å². The molecule has 2 rings (SSSR count). The van der Waals surface area contributed by atoms with Crippen molar-refractivity contribution in [2.45, 2.75) is 6.61 Å². The van der Waals surface area contributed by atoms with Crippen LogP contribution in [-0.4, -0.2) is 5.97 Å². The molecule has 0 saturated carbocycles. The summed E-state index contributed by atoms with van der Waals surface area (Å²) in [6.07, 6.45) is 0. The summed E-state index contributed by atoms with van der Waals surface area (Å²) in [6, 6.07) is 10.4. The molecule has 0 fully saturated rings. The van der Waals surface area contributed by atoms with Crippen molar-refractivity contribution in [1.82, 2.24) is 0 Å². The molecule has 0 bridgehead atoms. The summed E-state index contributed by atoms with van der Waals surface area (Å²) >= 11 is 6.71. The number of carbonyl (C=O) groups is 1. The summed E-state index contributed by atoms with van der Waals surface area (Å²) in [6.45, 7) is 0.0804. The SMILES string of the molecule is Nc1ccccc1C(=O)OCc1cc(Br)cc(Br)c1N. The van der Waals surface area contributed by atoms with E-state index in [-0.39, 0.29) is 6.61 Å². The average molecular weight is 400 g/mol. The molecule has 0 atom stereocenters. The monoisotopic (exact) mass is 398 g/mol. The molecule has 104 valence electrons. The topological polar surface area (TPSA) is 78.3 Å². The largest absolute Gasteiger partial charge is 0.457 e. The average Bonchev–Trinajstić information content (AvgIpc) is 2.41. The van der Waals surface area contributed by atoms with E-state index in [0.29, 0.717) is 22.5 Å². The Bertz CT molecular complexity index is 660. The second-order valence-electron chi connectivity index (χ2n) is 4.12. The van der Waals surface area contributed by atoms with Gasteiger partial charge in [0.1, 0.15) is 6.61 Å². The van der Waals surface area contributed by atoms with Crippen LogP contribution in [0.2, 0.25) is 0 Å². The van der Waals surface area contributed by atoms with E-state index in [4.69, 9.17) is 16.2 Å². The molecule has 0 radical (unpaired) electrons. The van der Waals surface area contributed by atoms with E-state index < -0.39 is 5.97 Å². The predicted molar refractivity (Wildman–Crippen MR) is 86.2 cm³/mol. The van der Waals surface area contributed by atoms with Crippen LogP contribution in [0, 0.1) is 0 Å². The third kappa shape index (κ3) is 3.32. The zero-order valence-electron chi connectivity index (χ0n) is 10.4. The molecule has 2 aromatic rings. The molecule has 0 aliphatic heterocycles. The molecule has 4 nitrogen and oxygen atoms in total. The molecule has 4 N–H and O–H groups in total. The van der Waals surface area contributed by atoms with Gasteiger partial charge >= 0.3 is 5.97 Å².